The predicted molar refractivity (Wildman–Crippen MR) is 168 cm³/mol. The van der Waals surface area contributed by atoms with Gasteiger partial charge in [-0.05, 0) is 85.3 Å². The number of carbonyl (C=O) groups is 3. The van der Waals surface area contributed by atoms with Gasteiger partial charge in [0, 0.05) is 41.6 Å². The van der Waals surface area contributed by atoms with E-state index >= 15 is 0 Å². The first-order chi connectivity index (χ1) is 20.2. The first kappa shape index (κ1) is 30.1. The van der Waals surface area contributed by atoms with E-state index < -0.39 is 17.1 Å². The van der Waals surface area contributed by atoms with Crippen molar-refractivity contribution in [2.24, 2.45) is 0 Å². The van der Waals surface area contributed by atoms with Crippen LogP contribution in [0.15, 0.2) is 114 Å². The maximum absolute atomic E-state index is 13.4. The molecule has 0 spiro atoms. The highest BCUT2D eigenvalue weighted by atomic mass is 32.2. The molecule has 0 fully saturated rings. The van der Waals surface area contributed by atoms with Crippen LogP contribution in [0.5, 0.6) is 0 Å². The van der Waals surface area contributed by atoms with Gasteiger partial charge in [0.15, 0.2) is 0 Å². The van der Waals surface area contributed by atoms with E-state index in [1.54, 1.807) is 55.5 Å². The Morgan fingerprint density at radius 2 is 1.50 bits per heavy atom. The van der Waals surface area contributed by atoms with Gasteiger partial charge in [0.2, 0.25) is 5.91 Å². The van der Waals surface area contributed by atoms with Gasteiger partial charge in [-0.15, -0.1) is 11.8 Å². The lowest BCUT2D eigenvalue weighted by atomic mass is 10.1. The second kappa shape index (κ2) is 14.1. The molecule has 0 aromatic heterocycles. The van der Waals surface area contributed by atoms with Crippen molar-refractivity contribution in [1.82, 2.24) is 5.32 Å². The lowest BCUT2D eigenvalue weighted by molar-refractivity contribution is -0.115. The van der Waals surface area contributed by atoms with Gasteiger partial charge in [-0.25, -0.2) is 4.39 Å². The van der Waals surface area contributed by atoms with Crippen molar-refractivity contribution < 1.29 is 18.8 Å². The molecule has 214 valence electrons. The molecule has 4 aromatic rings. The van der Waals surface area contributed by atoms with Crippen LogP contribution in [0.1, 0.15) is 22.8 Å². The van der Waals surface area contributed by atoms with Gasteiger partial charge in [0.1, 0.15) is 11.5 Å². The molecule has 0 aliphatic heterocycles. The van der Waals surface area contributed by atoms with Crippen molar-refractivity contribution >= 4 is 52.6 Å². The fourth-order valence-electron chi connectivity index (χ4n) is 3.86. The van der Waals surface area contributed by atoms with Gasteiger partial charge in [0.05, 0.1) is 5.25 Å². The van der Waals surface area contributed by atoms with Crippen LogP contribution in [-0.4, -0.2) is 37.1 Å². The Morgan fingerprint density at radius 1 is 0.810 bits per heavy atom. The summed E-state index contributed by atoms with van der Waals surface area (Å²) in [6, 6.07) is 28.9. The SMILES string of the molecule is CC(Sc1cccc(NC(=O)/C(=C\c2ccc(N(C)C)cc2)NC(=O)c2ccccc2)c1)C(=O)Nc1ccc(F)cc1. The second-order valence-electron chi connectivity index (χ2n) is 9.60. The third kappa shape index (κ3) is 8.55. The van der Waals surface area contributed by atoms with E-state index in [2.05, 4.69) is 16.0 Å². The van der Waals surface area contributed by atoms with Crippen LogP contribution in [0, 0.1) is 5.82 Å². The number of hydrogen-bond donors (Lipinski definition) is 3. The number of thioether (sulfide) groups is 1. The summed E-state index contributed by atoms with van der Waals surface area (Å²) in [7, 11) is 3.88. The molecule has 4 rings (SSSR count). The third-order valence-electron chi connectivity index (χ3n) is 6.14. The molecule has 0 radical (unpaired) electrons. The van der Waals surface area contributed by atoms with Crippen LogP contribution in [-0.2, 0) is 9.59 Å². The zero-order valence-corrected chi connectivity index (χ0v) is 24.2. The predicted octanol–water partition coefficient (Wildman–Crippen LogP) is 6.42. The van der Waals surface area contributed by atoms with E-state index in [9.17, 15) is 18.8 Å². The molecular weight excluding hydrogens is 551 g/mol. The maximum Gasteiger partial charge on any atom is 0.272 e. The highest BCUT2D eigenvalue weighted by molar-refractivity contribution is 8.00. The Labute approximate surface area is 248 Å². The first-order valence-electron chi connectivity index (χ1n) is 13.2. The van der Waals surface area contributed by atoms with Crippen LogP contribution in [0.25, 0.3) is 6.08 Å². The average molecular weight is 583 g/mol. The van der Waals surface area contributed by atoms with Crippen molar-refractivity contribution in [2.75, 3.05) is 29.6 Å². The molecule has 3 amide bonds. The standard InChI is InChI=1S/C33H31FN4O3S/c1-22(31(39)35-26-16-14-25(34)15-17-26)42-29-11-7-10-27(21-29)36-33(41)30(37-32(40)24-8-5-4-6-9-24)20-23-12-18-28(19-13-23)38(2)3/h4-22H,1-3H3,(H,35,39)(H,36,41)(H,37,40)/b30-20+. The summed E-state index contributed by atoms with van der Waals surface area (Å²) in [6.45, 7) is 1.76. The molecular formula is C33H31FN4O3S. The first-order valence-corrected chi connectivity index (χ1v) is 14.1. The zero-order valence-electron chi connectivity index (χ0n) is 23.4. The third-order valence-corrected chi connectivity index (χ3v) is 7.23. The lowest BCUT2D eigenvalue weighted by Crippen LogP contribution is -2.30. The molecule has 0 saturated heterocycles. The van der Waals surface area contributed by atoms with Gasteiger partial charge in [-0.2, -0.15) is 0 Å². The van der Waals surface area contributed by atoms with E-state index in [1.165, 1.54) is 36.0 Å². The topological polar surface area (TPSA) is 90.5 Å². The van der Waals surface area contributed by atoms with E-state index in [-0.39, 0.29) is 17.4 Å². The molecule has 4 aromatic carbocycles. The molecule has 7 nitrogen and oxygen atoms in total. The Bertz CT molecular complexity index is 1570. The number of nitrogens with one attached hydrogen (secondary N) is 3. The molecule has 3 N–H and O–H groups in total. The maximum atomic E-state index is 13.4. The Morgan fingerprint density at radius 3 is 2.17 bits per heavy atom. The minimum absolute atomic E-state index is 0.0755. The number of benzene rings is 4. The molecule has 1 atom stereocenters. The summed E-state index contributed by atoms with van der Waals surface area (Å²) in [5, 5.41) is 7.91. The number of halogens is 1. The van der Waals surface area contributed by atoms with E-state index in [0.717, 1.165) is 16.1 Å². The summed E-state index contributed by atoms with van der Waals surface area (Å²) in [4.78, 5) is 41.7. The number of rotatable bonds is 10. The fraction of sp³-hybridized carbons (Fsp3) is 0.121. The van der Waals surface area contributed by atoms with Gasteiger partial charge in [-0.3, -0.25) is 14.4 Å². The fourth-order valence-corrected chi connectivity index (χ4v) is 4.78. The van der Waals surface area contributed by atoms with Crippen molar-refractivity contribution in [1.29, 1.82) is 0 Å². The lowest BCUT2D eigenvalue weighted by Gasteiger charge is -2.15. The van der Waals surface area contributed by atoms with Crippen LogP contribution >= 0.6 is 11.8 Å². The van der Waals surface area contributed by atoms with Crippen molar-refractivity contribution in [3.05, 3.63) is 126 Å². The summed E-state index contributed by atoms with van der Waals surface area (Å²) in [5.41, 5.74) is 3.24. The van der Waals surface area contributed by atoms with Crippen molar-refractivity contribution in [2.45, 2.75) is 17.1 Å². The number of nitrogens with zero attached hydrogens (tertiary/aromatic N) is 1. The van der Waals surface area contributed by atoms with Crippen LogP contribution in [0.2, 0.25) is 0 Å². The molecule has 9 heteroatoms. The molecule has 1 unspecified atom stereocenters. The minimum atomic E-state index is -0.500. The van der Waals surface area contributed by atoms with Gasteiger partial charge in [-0.1, -0.05) is 36.4 Å². The quantitative estimate of drug-likeness (QED) is 0.148. The summed E-state index contributed by atoms with van der Waals surface area (Å²) in [5.74, 6) is -1.53. The van der Waals surface area contributed by atoms with E-state index in [1.807, 2.05) is 55.4 Å². The van der Waals surface area contributed by atoms with Crippen molar-refractivity contribution in [3.63, 3.8) is 0 Å². The van der Waals surface area contributed by atoms with Gasteiger partial charge in [0.25, 0.3) is 11.8 Å². The van der Waals surface area contributed by atoms with E-state index in [4.69, 9.17) is 0 Å². The highest BCUT2D eigenvalue weighted by Gasteiger charge is 2.17. The summed E-state index contributed by atoms with van der Waals surface area (Å²) in [6.07, 6.45) is 1.62. The largest absolute Gasteiger partial charge is 0.378 e. The normalized spacial score (nSPS) is 11.8. The van der Waals surface area contributed by atoms with Crippen LogP contribution in [0.3, 0.4) is 0 Å². The zero-order chi connectivity index (χ0) is 30.1. The molecule has 0 aliphatic carbocycles. The molecule has 0 saturated carbocycles. The number of anilines is 3. The van der Waals surface area contributed by atoms with Crippen LogP contribution in [0.4, 0.5) is 21.5 Å². The monoisotopic (exact) mass is 582 g/mol. The molecule has 0 heterocycles. The molecule has 0 aliphatic rings. The number of carbonyl (C=O) groups excluding carboxylic acids is 3. The number of hydrogen-bond acceptors (Lipinski definition) is 5. The highest BCUT2D eigenvalue weighted by Crippen LogP contribution is 2.27. The Kier molecular flexibility index (Phi) is 10.1. The Hall–Kier alpha value is -4.89. The minimum Gasteiger partial charge on any atom is -0.378 e. The van der Waals surface area contributed by atoms with Crippen LogP contribution < -0.4 is 20.9 Å². The smallest absolute Gasteiger partial charge is 0.272 e. The number of amides is 3. The molecule has 0 bridgehead atoms. The summed E-state index contributed by atoms with van der Waals surface area (Å²) < 4.78 is 13.2. The van der Waals surface area contributed by atoms with Gasteiger partial charge >= 0.3 is 0 Å². The average Bonchev–Trinajstić information content (AvgIpc) is 2.98. The Balaban J connectivity index is 1.49. The summed E-state index contributed by atoms with van der Waals surface area (Å²) >= 11 is 1.31. The van der Waals surface area contributed by atoms with Gasteiger partial charge < -0.3 is 20.9 Å². The van der Waals surface area contributed by atoms with Crippen molar-refractivity contribution in [3.8, 4) is 0 Å². The second-order valence-corrected chi connectivity index (χ2v) is 11.0. The van der Waals surface area contributed by atoms with E-state index in [0.29, 0.717) is 16.9 Å². The molecule has 42 heavy (non-hydrogen) atoms.